The van der Waals surface area contributed by atoms with Crippen LogP contribution in [0, 0.1) is 0 Å². The number of aromatic nitrogens is 2. The van der Waals surface area contributed by atoms with Crippen LogP contribution in [-0.2, 0) is 12.8 Å². The third kappa shape index (κ3) is 1.56. The molecule has 0 saturated heterocycles. The van der Waals surface area contributed by atoms with Crippen LogP contribution < -0.4 is 10.5 Å². The average Bonchev–Trinajstić information content (AvgIpc) is 2.95. The first-order valence-electron chi connectivity index (χ1n) is 5.79. The first kappa shape index (κ1) is 10.2. The number of fused-ring (bicyclic) bond motifs is 1. The van der Waals surface area contributed by atoms with E-state index in [-0.39, 0.29) is 0 Å². The maximum absolute atomic E-state index is 5.67. The zero-order chi connectivity index (χ0) is 11.8. The van der Waals surface area contributed by atoms with E-state index in [0.29, 0.717) is 5.82 Å². The number of ether oxygens (including phenoxy) is 1. The molecule has 1 aromatic carbocycles. The third-order valence-electron chi connectivity index (χ3n) is 3.33. The summed E-state index contributed by atoms with van der Waals surface area (Å²) in [6.45, 7) is 0. The molecule has 1 aliphatic carbocycles. The SMILES string of the molecule is COc1ccc2c(c1-c1cc(N)n[nH]1)CCC2. The molecule has 0 bridgehead atoms. The fourth-order valence-corrected chi connectivity index (χ4v) is 2.58. The average molecular weight is 229 g/mol. The number of H-pyrrole nitrogens is 1. The lowest BCUT2D eigenvalue weighted by Gasteiger charge is -2.11. The lowest BCUT2D eigenvalue weighted by atomic mass is 9.99. The van der Waals surface area contributed by atoms with Crippen LogP contribution in [0.5, 0.6) is 5.75 Å². The molecule has 17 heavy (non-hydrogen) atoms. The molecule has 3 N–H and O–H groups in total. The Morgan fingerprint density at radius 2 is 2.24 bits per heavy atom. The van der Waals surface area contributed by atoms with Gasteiger partial charge in [0.25, 0.3) is 0 Å². The number of nitrogens with zero attached hydrogens (tertiary/aromatic N) is 1. The summed E-state index contributed by atoms with van der Waals surface area (Å²) in [6, 6.07) is 6.04. The minimum Gasteiger partial charge on any atom is -0.496 e. The highest BCUT2D eigenvalue weighted by Gasteiger charge is 2.20. The Balaban J connectivity index is 2.23. The van der Waals surface area contributed by atoms with Gasteiger partial charge in [0.2, 0.25) is 0 Å². The molecule has 0 fully saturated rings. The van der Waals surface area contributed by atoms with Gasteiger partial charge in [-0.25, -0.2) is 0 Å². The van der Waals surface area contributed by atoms with Crippen molar-refractivity contribution in [2.45, 2.75) is 19.3 Å². The fourth-order valence-electron chi connectivity index (χ4n) is 2.58. The van der Waals surface area contributed by atoms with E-state index in [1.807, 2.05) is 12.1 Å². The van der Waals surface area contributed by atoms with Gasteiger partial charge in [0.15, 0.2) is 0 Å². The van der Waals surface area contributed by atoms with Gasteiger partial charge in [0.05, 0.1) is 12.8 Å². The number of hydrogen-bond donors (Lipinski definition) is 2. The molecule has 1 aliphatic rings. The van der Waals surface area contributed by atoms with Crippen LogP contribution in [0.15, 0.2) is 18.2 Å². The number of methoxy groups -OCH3 is 1. The normalized spacial score (nSPS) is 13.7. The Hall–Kier alpha value is -1.97. The fraction of sp³-hybridized carbons (Fsp3) is 0.308. The zero-order valence-corrected chi connectivity index (χ0v) is 9.79. The number of benzene rings is 1. The summed E-state index contributed by atoms with van der Waals surface area (Å²) >= 11 is 0. The summed E-state index contributed by atoms with van der Waals surface area (Å²) in [5.74, 6) is 1.40. The molecule has 1 aromatic heterocycles. The van der Waals surface area contributed by atoms with Crippen molar-refractivity contribution in [1.29, 1.82) is 0 Å². The molecule has 0 spiro atoms. The number of rotatable bonds is 2. The molecule has 1 heterocycles. The van der Waals surface area contributed by atoms with Gasteiger partial charge < -0.3 is 10.5 Å². The maximum Gasteiger partial charge on any atom is 0.145 e. The zero-order valence-electron chi connectivity index (χ0n) is 9.79. The van der Waals surface area contributed by atoms with Gasteiger partial charge in [-0.2, -0.15) is 5.10 Å². The van der Waals surface area contributed by atoms with E-state index in [4.69, 9.17) is 10.5 Å². The molecular formula is C13H15N3O. The number of nitrogen functional groups attached to an aromatic ring is 1. The number of hydrogen-bond acceptors (Lipinski definition) is 3. The molecule has 3 rings (SSSR count). The molecule has 0 saturated carbocycles. The minimum atomic E-state index is 0.512. The number of aromatic amines is 1. The molecule has 0 atom stereocenters. The van der Waals surface area contributed by atoms with Crippen LogP contribution in [0.25, 0.3) is 11.3 Å². The van der Waals surface area contributed by atoms with Gasteiger partial charge in [0.1, 0.15) is 11.6 Å². The van der Waals surface area contributed by atoms with Crippen molar-refractivity contribution in [1.82, 2.24) is 10.2 Å². The summed E-state index contributed by atoms with van der Waals surface area (Å²) in [4.78, 5) is 0. The van der Waals surface area contributed by atoms with Crippen molar-refractivity contribution in [3.05, 3.63) is 29.3 Å². The summed E-state index contributed by atoms with van der Waals surface area (Å²) in [5.41, 5.74) is 10.5. The Labute approximate surface area is 99.8 Å². The quantitative estimate of drug-likeness (QED) is 0.829. The van der Waals surface area contributed by atoms with Crippen molar-refractivity contribution in [3.8, 4) is 17.0 Å². The van der Waals surface area contributed by atoms with E-state index in [1.54, 1.807) is 7.11 Å². The Kier molecular flexibility index (Phi) is 2.28. The maximum atomic E-state index is 5.67. The van der Waals surface area contributed by atoms with E-state index in [2.05, 4.69) is 16.3 Å². The lowest BCUT2D eigenvalue weighted by molar-refractivity contribution is 0.416. The number of aryl methyl sites for hydroxylation is 1. The van der Waals surface area contributed by atoms with Crippen LogP contribution >= 0.6 is 0 Å². The molecule has 4 nitrogen and oxygen atoms in total. The summed E-state index contributed by atoms with van der Waals surface area (Å²) in [5, 5.41) is 6.96. The number of anilines is 1. The van der Waals surface area contributed by atoms with Crippen LogP contribution in [-0.4, -0.2) is 17.3 Å². The monoisotopic (exact) mass is 229 g/mol. The van der Waals surface area contributed by atoms with Gasteiger partial charge in [-0.3, -0.25) is 5.10 Å². The van der Waals surface area contributed by atoms with Crippen LogP contribution in [0.3, 0.4) is 0 Å². The summed E-state index contributed by atoms with van der Waals surface area (Å²) < 4.78 is 5.45. The van der Waals surface area contributed by atoms with E-state index < -0.39 is 0 Å². The van der Waals surface area contributed by atoms with Gasteiger partial charge in [0, 0.05) is 11.6 Å². The highest BCUT2D eigenvalue weighted by Crippen LogP contribution is 2.38. The van der Waals surface area contributed by atoms with Crippen molar-refractivity contribution in [2.24, 2.45) is 0 Å². The predicted octanol–water partition coefficient (Wildman–Crippen LogP) is 2.16. The molecule has 4 heteroatoms. The number of nitrogens with one attached hydrogen (secondary N) is 1. The standard InChI is InChI=1S/C13H15N3O/c1-17-11-6-5-8-3-2-4-9(8)13(11)10-7-12(14)16-15-10/h5-7H,2-4H2,1H3,(H3,14,15,16). The third-order valence-corrected chi connectivity index (χ3v) is 3.33. The first-order chi connectivity index (χ1) is 8.29. The number of nitrogens with two attached hydrogens (primary N) is 1. The first-order valence-corrected chi connectivity index (χ1v) is 5.79. The summed E-state index contributed by atoms with van der Waals surface area (Å²) in [6.07, 6.45) is 3.45. The highest BCUT2D eigenvalue weighted by atomic mass is 16.5. The Morgan fingerprint density at radius 1 is 1.35 bits per heavy atom. The minimum absolute atomic E-state index is 0.512. The topological polar surface area (TPSA) is 63.9 Å². The molecule has 88 valence electrons. The van der Waals surface area contributed by atoms with Crippen molar-refractivity contribution < 1.29 is 4.74 Å². The van der Waals surface area contributed by atoms with Gasteiger partial charge in [-0.15, -0.1) is 0 Å². The Morgan fingerprint density at radius 3 is 2.94 bits per heavy atom. The second kappa shape index (κ2) is 3.80. The van der Waals surface area contributed by atoms with Gasteiger partial charge in [-0.05, 0) is 36.5 Å². The van der Waals surface area contributed by atoms with E-state index >= 15 is 0 Å². The van der Waals surface area contributed by atoms with Crippen LogP contribution in [0.1, 0.15) is 17.5 Å². The molecular weight excluding hydrogens is 214 g/mol. The second-order valence-electron chi connectivity index (χ2n) is 4.34. The van der Waals surface area contributed by atoms with Crippen molar-refractivity contribution in [2.75, 3.05) is 12.8 Å². The molecule has 2 aromatic rings. The van der Waals surface area contributed by atoms with Crippen molar-refractivity contribution in [3.63, 3.8) is 0 Å². The molecule has 0 radical (unpaired) electrons. The molecule has 0 unspecified atom stereocenters. The van der Waals surface area contributed by atoms with Crippen LogP contribution in [0.2, 0.25) is 0 Å². The van der Waals surface area contributed by atoms with Crippen LogP contribution in [0.4, 0.5) is 5.82 Å². The predicted molar refractivity (Wildman–Crippen MR) is 67.0 cm³/mol. The van der Waals surface area contributed by atoms with E-state index in [1.165, 1.54) is 17.5 Å². The highest BCUT2D eigenvalue weighted by molar-refractivity contribution is 5.74. The molecule has 0 amide bonds. The van der Waals surface area contributed by atoms with Gasteiger partial charge >= 0.3 is 0 Å². The lowest BCUT2D eigenvalue weighted by Crippen LogP contribution is -1.94. The van der Waals surface area contributed by atoms with E-state index in [0.717, 1.165) is 29.8 Å². The smallest absolute Gasteiger partial charge is 0.145 e. The van der Waals surface area contributed by atoms with Crippen molar-refractivity contribution >= 4 is 5.82 Å². The summed E-state index contributed by atoms with van der Waals surface area (Å²) in [7, 11) is 1.69. The van der Waals surface area contributed by atoms with E-state index in [9.17, 15) is 0 Å². The second-order valence-corrected chi connectivity index (χ2v) is 4.34. The Bertz CT molecular complexity index is 560. The largest absolute Gasteiger partial charge is 0.496 e. The van der Waals surface area contributed by atoms with Gasteiger partial charge in [-0.1, -0.05) is 6.07 Å². The molecule has 0 aliphatic heterocycles.